The lowest BCUT2D eigenvalue weighted by Gasteiger charge is -2.08. The standard InChI is InChI=1S/C19H13FN/c1-2-3-4-13-5-7-14(8-6-13)17-11-15-9-10-16(17)18(12-21)19(15)20/h5-8H,2-4H2,1H3. The molecule has 21 heavy (non-hydrogen) atoms. The van der Waals surface area contributed by atoms with Crippen molar-refractivity contribution in [3.8, 4) is 17.2 Å². The molecule has 0 atom stereocenters. The summed E-state index contributed by atoms with van der Waals surface area (Å²) in [5, 5.41) is 9.74. The summed E-state index contributed by atoms with van der Waals surface area (Å²) in [7, 11) is 0. The molecule has 0 heterocycles. The number of fused-ring (bicyclic) bond motifs is 2. The Morgan fingerprint density at radius 3 is 2.62 bits per heavy atom. The molecule has 0 N–H and O–H groups in total. The van der Waals surface area contributed by atoms with Crippen molar-refractivity contribution < 1.29 is 4.39 Å². The molecule has 4 rings (SSSR count). The van der Waals surface area contributed by atoms with Gasteiger partial charge in [-0.1, -0.05) is 49.7 Å². The van der Waals surface area contributed by atoms with Crippen LogP contribution >= 0.6 is 0 Å². The van der Waals surface area contributed by atoms with Crippen molar-refractivity contribution >= 4 is 10.8 Å². The van der Waals surface area contributed by atoms with Crippen LogP contribution in [0.15, 0.2) is 24.3 Å². The van der Waals surface area contributed by atoms with Gasteiger partial charge in [0, 0.05) is 11.6 Å². The molecule has 2 heteroatoms. The number of hydrogen-bond donors (Lipinski definition) is 0. The maximum atomic E-state index is 13.9. The molecular formula is C19H13FN. The third kappa shape index (κ3) is 2.30. The van der Waals surface area contributed by atoms with Crippen molar-refractivity contribution in [1.82, 2.24) is 0 Å². The highest BCUT2D eigenvalue weighted by Gasteiger charge is 2.16. The molecule has 2 bridgehead atoms. The SMILES string of the molecule is CCCCc1ccc(-c2[c]c3c#cc2c(C#N)c3F)cc1. The fraction of sp³-hybridized carbons (Fsp3) is 0.211. The van der Waals surface area contributed by atoms with Gasteiger partial charge in [0.25, 0.3) is 0 Å². The Bertz CT molecular complexity index is 797. The lowest BCUT2D eigenvalue weighted by Crippen LogP contribution is -1.93. The highest BCUT2D eigenvalue weighted by molar-refractivity contribution is 5.91. The van der Waals surface area contributed by atoms with E-state index in [1.54, 1.807) is 0 Å². The van der Waals surface area contributed by atoms with Crippen LogP contribution in [0.3, 0.4) is 0 Å². The Hall–Kier alpha value is -2.58. The summed E-state index contributed by atoms with van der Waals surface area (Å²) in [4.78, 5) is 0. The smallest absolute Gasteiger partial charge is 0.158 e. The first-order valence-corrected chi connectivity index (χ1v) is 7.04. The van der Waals surface area contributed by atoms with Gasteiger partial charge in [0.05, 0.1) is 10.8 Å². The Labute approximate surface area is 124 Å². The molecule has 4 aromatic carbocycles. The quantitative estimate of drug-likeness (QED) is 0.676. The van der Waals surface area contributed by atoms with Gasteiger partial charge in [0.1, 0.15) is 11.6 Å². The van der Waals surface area contributed by atoms with E-state index in [-0.39, 0.29) is 10.9 Å². The Kier molecular flexibility index (Phi) is 3.46. The average Bonchev–Trinajstić information content (AvgIpc) is 2.54. The van der Waals surface area contributed by atoms with Gasteiger partial charge in [0.2, 0.25) is 0 Å². The van der Waals surface area contributed by atoms with Crippen LogP contribution in [0, 0.1) is 35.3 Å². The summed E-state index contributed by atoms with van der Waals surface area (Å²) in [6.45, 7) is 2.17. The third-order valence-corrected chi connectivity index (χ3v) is 3.67. The molecule has 0 aliphatic rings. The maximum Gasteiger partial charge on any atom is 0.158 e. The summed E-state index contributed by atoms with van der Waals surface area (Å²) in [6.07, 6.45) is 3.40. The summed E-state index contributed by atoms with van der Waals surface area (Å²) in [6, 6.07) is 18.6. The summed E-state index contributed by atoms with van der Waals surface area (Å²) in [5.74, 6) is -0.547. The molecular weight excluding hydrogens is 261 g/mol. The largest absolute Gasteiger partial charge is 0.204 e. The fourth-order valence-electron chi connectivity index (χ4n) is 2.48. The van der Waals surface area contributed by atoms with Crippen LogP contribution in [0.25, 0.3) is 21.9 Å². The molecule has 0 fully saturated rings. The maximum absolute atomic E-state index is 13.9. The number of hydrogen-bond acceptors (Lipinski definition) is 1. The number of benzene rings is 2. The molecule has 0 unspecified atom stereocenters. The van der Waals surface area contributed by atoms with E-state index in [0.717, 1.165) is 17.5 Å². The predicted molar refractivity (Wildman–Crippen MR) is 80.4 cm³/mol. The van der Waals surface area contributed by atoms with Crippen LogP contribution in [0.5, 0.6) is 0 Å². The minimum absolute atomic E-state index is 0.0348. The Morgan fingerprint density at radius 1 is 1.19 bits per heavy atom. The molecule has 101 valence electrons. The Balaban J connectivity index is 2.03. The van der Waals surface area contributed by atoms with Gasteiger partial charge in [-0.05, 0) is 24.0 Å². The number of aryl methyl sites for hydroxylation is 1. The van der Waals surface area contributed by atoms with Crippen molar-refractivity contribution in [1.29, 1.82) is 5.26 Å². The lowest BCUT2D eigenvalue weighted by atomic mass is 9.94. The highest BCUT2D eigenvalue weighted by Crippen LogP contribution is 2.31. The zero-order chi connectivity index (χ0) is 14.8. The van der Waals surface area contributed by atoms with Crippen LogP contribution in [-0.4, -0.2) is 0 Å². The van der Waals surface area contributed by atoms with E-state index in [1.165, 1.54) is 18.4 Å². The predicted octanol–water partition coefficient (Wildman–Crippen LogP) is 4.70. The van der Waals surface area contributed by atoms with E-state index >= 15 is 0 Å². The van der Waals surface area contributed by atoms with Crippen molar-refractivity contribution in [2.45, 2.75) is 26.2 Å². The van der Waals surface area contributed by atoms with Gasteiger partial charge in [-0.2, -0.15) is 5.26 Å². The van der Waals surface area contributed by atoms with E-state index in [9.17, 15) is 4.39 Å². The van der Waals surface area contributed by atoms with Crippen molar-refractivity contribution in [2.75, 3.05) is 0 Å². The van der Waals surface area contributed by atoms with Crippen LogP contribution in [0.1, 0.15) is 30.9 Å². The highest BCUT2D eigenvalue weighted by atomic mass is 19.1. The first kappa shape index (κ1) is 13.4. The zero-order valence-electron chi connectivity index (χ0n) is 11.8. The number of halogens is 1. The molecule has 0 saturated heterocycles. The van der Waals surface area contributed by atoms with Crippen LogP contribution in [0.2, 0.25) is 0 Å². The van der Waals surface area contributed by atoms with Crippen molar-refractivity contribution in [2.24, 2.45) is 0 Å². The van der Waals surface area contributed by atoms with Gasteiger partial charge in [-0.3, -0.25) is 0 Å². The van der Waals surface area contributed by atoms with E-state index < -0.39 is 5.82 Å². The molecule has 0 spiro atoms. The van der Waals surface area contributed by atoms with Gasteiger partial charge in [-0.25, -0.2) is 4.39 Å². The summed E-state index contributed by atoms with van der Waals surface area (Å²) in [5.41, 5.74) is 2.97. The lowest BCUT2D eigenvalue weighted by molar-refractivity contribution is 0.636. The van der Waals surface area contributed by atoms with Crippen molar-refractivity contribution in [3.05, 3.63) is 59.4 Å². The fourth-order valence-corrected chi connectivity index (χ4v) is 2.48. The molecule has 0 amide bonds. The first-order chi connectivity index (χ1) is 10.2. The van der Waals surface area contributed by atoms with Crippen molar-refractivity contribution in [3.63, 3.8) is 0 Å². The molecule has 0 aliphatic carbocycles. The second kappa shape index (κ2) is 5.43. The van der Waals surface area contributed by atoms with Gasteiger partial charge in [0.15, 0.2) is 5.82 Å². The average molecular weight is 274 g/mol. The summed E-state index contributed by atoms with van der Waals surface area (Å²) >= 11 is 0. The van der Waals surface area contributed by atoms with Gasteiger partial charge in [-0.15, -0.1) is 0 Å². The number of unbranched alkanes of at least 4 members (excludes halogenated alkanes) is 1. The summed E-state index contributed by atoms with van der Waals surface area (Å²) < 4.78 is 13.9. The van der Waals surface area contributed by atoms with Gasteiger partial charge < -0.3 is 0 Å². The molecule has 0 aromatic heterocycles. The third-order valence-electron chi connectivity index (χ3n) is 3.67. The second-order valence-electron chi connectivity index (χ2n) is 5.10. The van der Waals surface area contributed by atoms with E-state index in [1.807, 2.05) is 18.2 Å². The second-order valence-corrected chi connectivity index (χ2v) is 5.10. The van der Waals surface area contributed by atoms with Crippen LogP contribution in [0.4, 0.5) is 4.39 Å². The molecule has 1 radical (unpaired) electrons. The van der Waals surface area contributed by atoms with Crippen LogP contribution in [-0.2, 0) is 6.42 Å². The number of nitrogens with zero attached hydrogens (tertiary/aromatic N) is 1. The van der Waals surface area contributed by atoms with E-state index in [4.69, 9.17) is 5.26 Å². The number of nitriles is 1. The molecule has 0 saturated carbocycles. The molecule has 4 aromatic rings. The minimum Gasteiger partial charge on any atom is -0.204 e. The van der Waals surface area contributed by atoms with Gasteiger partial charge >= 0.3 is 0 Å². The van der Waals surface area contributed by atoms with E-state index in [0.29, 0.717) is 5.39 Å². The number of rotatable bonds is 4. The molecule has 1 nitrogen and oxygen atoms in total. The monoisotopic (exact) mass is 274 g/mol. The zero-order valence-corrected chi connectivity index (χ0v) is 11.8. The normalized spacial score (nSPS) is 10.5. The first-order valence-electron chi connectivity index (χ1n) is 7.04. The topological polar surface area (TPSA) is 23.8 Å². The van der Waals surface area contributed by atoms with Crippen LogP contribution < -0.4 is 0 Å². The van der Waals surface area contributed by atoms with E-state index in [2.05, 4.69) is 37.3 Å². The Morgan fingerprint density at radius 2 is 1.95 bits per heavy atom. The minimum atomic E-state index is -0.547. The molecule has 0 aliphatic heterocycles.